The first-order valence-electron chi connectivity index (χ1n) is 8.45. The molecular weight excluding hydrogens is 328 g/mol. The molecule has 0 radical (unpaired) electrons. The summed E-state index contributed by atoms with van der Waals surface area (Å²) in [5, 5.41) is 13.0. The number of piperidine rings is 1. The number of thiophene rings is 1. The van der Waals surface area contributed by atoms with Crippen LogP contribution in [0.25, 0.3) is 0 Å². The van der Waals surface area contributed by atoms with Gasteiger partial charge < -0.3 is 15.2 Å². The number of hydrogen-bond donors (Lipinski definition) is 2. The first kappa shape index (κ1) is 18.9. The third kappa shape index (κ3) is 4.55. The molecule has 1 saturated heterocycles. The van der Waals surface area contributed by atoms with Gasteiger partial charge in [-0.05, 0) is 38.7 Å². The molecule has 2 N–H and O–H groups in total. The predicted molar refractivity (Wildman–Crippen MR) is 94.7 cm³/mol. The number of aliphatic hydroxyl groups excluding tert-OH is 1. The summed E-state index contributed by atoms with van der Waals surface area (Å²) in [6, 6.07) is 0. The molecule has 1 aromatic rings. The lowest BCUT2D eigenvalue weighted by atomic mass is 10.1. The number of aryl methyl sites for hydroxylation is 1. The van der Waals surface area contributed by atoms with Crippen LogP contribution >= 0.6 is 11.3 Å². The molecule has 0 aromatic carbocycles. The van der Waals surface area contributed by atoms with E-state index >= 15 is 0 Å². The highest BCUT2D eigenvalue weighted by molar-refractivity contribution is 7.16. The van der Waals surface area contributed by atoms with E-state index in [4.69, 9.17) is 4.74 Å². The van der Waals surface area contributed by atoms with Crippen molar-refractivity contribution in [3.8, 4) is 0 Å². The van der Waals surface area contributed by atoms with Gasteiger partial charge in [0.05, 0.1) is 24.8 Å². The number of nitrogens with one attached hydrogen (secondary N) is 1. The number of carbonyl (C=O) groups is 2. The standard InChI is InChI=1S/C17H26N2O4S/c1-4-13-11(3)24-16(15(13)17(22)23-5-2)18-14(21)10-19-8-6-12(20)7-9-19/h12,20H,4-10H2,1-3H3,(H,18,21). The summed E-state index contributed by atoms with van der Waals surface area (Å²) in [6.07, 6.45) is 1.85. The second-order valence-electron chi connectivity index (χ2n) is 5.97. The van der Waals surface area contributed by atoms with Crippen LogP contribution in [0.5, 0.6) is 0 Å². The van der Waals surface area contributed by atoms with E-state index in [1.165, 1.54) is 11.3 Å². The van der Waals surface area contributed by atoms with E-state index in [1.54, 1.807) is 6.92 Å². The van der Waals surface area contributed by atoms with Crippen molar-refractivity contribution in [1.82, 2.24) is 4.90 Å². The topological polar surface area (TPSA) is 78.9 Å². The summed E-state index contributed by atoms with van der Waals surface area (Å²) in [6.45, 7) is 7.71. The van der Waals surface area contributed by atoms with E-state index in [-0.39, 0.29) is 24.5 Å². The van der Waals surface area contributed by atoms with Crippen LogP contribution in [-0.4, -0.2) is 54.2 Å². The fourth-order valence-electron chi connectivity index (χ4n) is 2.96. The Morgan fingerprint density at radius 1 is 1.33 bits per heavy atom. The Hall–Kier alpha value is -1.44. The highest BCUT2D eigenvalue weighted by Gasteiger charge is 2.24. The molecule has 0 bridgehead atoms. The van der Waals surface area contributed by atoms with Gasteiger partial charge in [-0.15, -0.1) is 11.3 Å². The average Bonchev–Trinajstić information content (AvgIpc) is 2.85. The third-order valence-corrected chi connectivity index (χ3v) is 5.28. The number of likely N-dealkylation sites (tertiary alicyclic amines) is 1. The Bertz CT molecular complexity index is 592. The number of esters is 1. The monoisotopic (exact) mass is 354 g/mol. The van der Waals surface area contributed by atoms with Gasteiger partial charge in [0, 0.05) is 18.0 Å². The van der Waals surface area contributed by atoms with Crippen molar-refractivity contribution in [2.24, 2.45) is 0 Å². The highest BCUT2D eigenvalue weighted by Crippen LogP contribution is 2.34. The van der Waals surface area contributed by atoms with Gasteiger partial charge in [0.25, 0.3) is 0 Å². The Morgan fingerprint density at radius 3 is 2.58 bits per heavy atom. The molecule has 1 aliphatic rings. The van der Waals surface area contributed by atoms with E-state index in [0.29, 0.717) is 43.1 Å². The van der Waals surface area contributed by atoms with Gasteiger partial charge in [0.15, 0.2) is 0 Å². The highest BCUT2D eigenvalue weighted by atomic mass is 32.1. The minimum absolute atomic E-state index is 0.138. The molecule has 1 amide bonds. The van der Waals surface area contributed by atoms with E-state index in [2.05, 4.69) is 5.32 Å². The average molecular weight is 354 g/mol. The number of aliphatic hydroxyl groups is 1. The van der Waals surface area contributed by atoms with Crippen molar-refractivity contribution < 1.29 is 19.4 Å². The van der Waals surface area contributed by atoms with Gasteiger partial charge in [-0.2, -0.15) is 0 Å². The molecule has 0 spiro atoms. The Morgan fingerprint density at radius 2 is 2.00 bits per heavy atom. The Kier molecular flexibility index (Phi) is 6.77. The SMILES string of the molecule is CCOC(=O)c1c(NC(=O)CN2CCC(O)CC2)sc(C)c1CC. The maximum Gasteiger partial charge on any atom is 0.341 e. The maximum atomic E-state index is 12.3. The zero-order valence-corrected chi connectivity index (χ0v) is 15.4. The Labute approximate surface area is 146 Å². The van der Waals surface area contributed by atoms with Crippen molar-refractivity contribution in [3.05, 3.63) is 16.0 Å². The first-order valence-corrected chi connectivity index (χ1v) is 9.27. The van der Waals surface area contributed by atoms with Crippen LogP contribution in [0.2, 0.25) is 0 Å². The van der Waals surface area contributed by atoms with Crippen LogP contribution < -0.4 is 5.32 Å². The normalized spacial score (nSPS) is 16.2. The van der Waals surface area contributed by atoms with Crippen LogP contribution in [0.3, 0.4) is 0 Å². The van der Waals surface area contributed by atoms with Crippen LogP contribution in [0, 0.1) is 6.92 Å². The molecule has 1 aromatic heterocycles. The molecule has 134 valence electrons. The summed E-state index contributed by atoms with van der Waals surface area (Å²) < 4.78 is 5.15. The molecule has 0 saturated carbocycles. The number of nitrogens with zero attached hydrogens (tertiary/aromatic N) is 1. The van der Waals surface area contributed by atoms with Gasteiger partial charge in [0.2, 0.25) is 5.91 Å². The summed E-state index contributed by atoms with van der Waals surface area (Å²) in [4.78, 5) is 27.7. The molecule has 0 atom stereocenters. The van der Waals surface area contributed by atoms with Gasteiger partial charge in [-0.1, -0.05) is 6.92 Å². The predicted octanol–water partition coefficient (Wildman–Crippen LogP) is 2.19. The largest absolute Gasteiger partial charge is 0.462 e. The molecule has 0 unspecified atom stereocenters. The summed E-state index contributed by atoms with van der Waals surface area (Å²) in [7, 11) is 0. The van der Waals surface area contributed by atoms with Crippen molar-refractivity contribution >= 4 is 28.2 Å². The lowest BCUT2D eigenvalue weighted by molar-refractivity contribution is -0.117. The second-order valence-corrected chi connectivity index (χ2v) is 7.20. The Balaban J connectivity index is 2.08. The van der Waals surface area contributed by atoms with Crippen LogP contribution in [0.15, 0.2) is 0 Å². The number of carbonyl (C=O) groups excluding carboxylic acids is 2. The molecule has 7 heteroatoms. The van der Waals surface area contributed by atoms with E-state index in [0.717, 1.165) is 16.9 Å². The zero-order valence-electron chi connectivity index (χ0n) is 14.6. The molecule has 24 heavy (non-hydrogen) atoms. The molecule has 6 nitrogen and oxygen atoms in total. The minimum atomic E-state index is -0.380. The summed E-state index contributed by atoms with van der Waals surface area (Å²) in [5.41, 5.74) is 1.43. The van der Waals surface area contributed by atoms with Crippen LogP contribution in [0.1, 0.15) is 47.5 Å². The van der Waals surface area contributed by atoms with Gasteiger partial charge in [-0.3, -0.25) is 9.69 Å². The fourth-order valence-corrected chi connectivity index (χ4v) is 4.11. The molecule has 2 heterocycles. The third-order valence-electron chi connectivity index (χ3n) is 4.22. The van der Waals surface area contributed by atoms with Crippen molar-refractivity contribution in [3.63, 3.8) is 0 Å². The number of ether oxygens (including phenoxy) is 1. The lowest BCUT2D eigenvalue weighted by Gasteiger charge is -2.28. The second kappa shape index (κ2) is 8.60. The zero-order chi connectivity index (χ0) is 17.7. The number of amides is 1. The van der Waals surface area contributed by atoms with Gasteiger partial charge in [-0.25, -0.2) is 4.79 Å². The molecule has 1 fully saturated rings. The molecule has 1 aliphatic heterocycles. The van der Waals surface area contributed by atoms with Crippen molar-refractivity contribution in [2.45, 2.75) is 46.1 Å². The quantitative estimate of drug-likeness (QED) is 0.766. The smallest absolute Gasteiger partial charge is 0.341 e. The lowest BCUT2D eigenvalue weighted by Crippen LogP contribution is -2.40. The molecular formula is C17H26N2O4S. The van der Waals surface area contributed by atoms with Gasteiger partial charge >= 0.3 is 5.97 Å². The van der Waals surface area contributed by atoms with Gasteiger partial charge in [0.1, 0.15) is 5.00 Å². The van der Waals surface area contributed by atoms with Crippen LogP contribution in [-0.2, 0) is 16.0 Å². The van der Waals surface area contributed by atoms with E-state index in [1.807, 2.05) is 18.7 Å². The van der Waals surface area contributed by atoms with Crippen LogP contribution in [0.4, 0.5) is 5.00 Å². The minimum Gasteiger partial charge on any atom is -0.462 e. The first-order chi connectivity index (χ1) is 11.5. The number of rotatable bonds is 6. The molecule has 2 rings (SSSR count). The fraction of sp³-hybridized carbons (Fsp3) is 0.647. The number of hydrogen-bond acceptors (Lipinski definition) is 6. The number of anilines is 1. The molecule has 0 aliphatic carbocycles. The summed E-state index contributed by atoms with van der Waals surface area (Å²) in [5.74, 6) is -0.518. The van der Waals surface area contributed by atoms with E-state index in [9.17, 15) is 14.7 Å². The maximum absolute atomic E-state index is 12.3. The van der Waals surface area contributed by atoms with E-state index < -0.39 is 0 Å². The summed E-state index contributed by atoms with van der Waals surface area (Å²) >= 11 is 1.42. The van der Waals surface area contributed by atoms with Crippen molar-refractivity contribution in [2.75, 3.05) is 31.6 Å². The van der Waals surface area contributed by atoms with Crippen molar-refractivity contribution in [1.29, 1.82) is 0 Å².